The molecular weight excluding hydrogens is 344 g/mol. The van der Waals surface area contributed by atoms with Gasteiger partial charge in [0.25, 0.3) is 0 Å². The maximum absolute atomic E-state index is 12.4. The Morgan fingerprint density at radius 3 is 2.69 bits per heavy atom. The van der Waals surface area contributed by atoms with E-state index in [9.17, 15) is 10.1 Å². The highest BCUT2D eigenvalue weighted by Gasteiger charge is 2.15. The van der Waals surface area contributed by atoms with Gasteiger partial charge < -0.3 is 5.32 Å². The summed E-state index contributed by atoms with van der Waals surface area (Å²) in [6.45, 7) is 4.08. The van der Waals surface area contributed by atoms with Crippen LogP contribution < -0.4 is 5.32 Å². The number of hydrogen-bond donors (Lipinski definition) is 1. The summed E-state index contributed by atoms with van der Waals surface area (Å²) in [6.07, 6.45) is 1.46. The van der Waals surface area contributed by atoms with Gasteiger partial charge in [0, 0.05) is 4.90 Å². The van der Waals surface area contributed by atoms with Gasteiger partial charge in [0.05, 0.1) is 17.6 Å². The molecule has 0 radical (unpaired) electrons. The molecule has 0 atom stereocenters. The third-order valence-corrected chi connectivity index (χ3v) is 5.01. The molecule has 130 valence electrons. The summed E-state index contributed by atoms with van der Waals surface area (Å²) >= 11 is 1.48. The quantitative estimate of drug-likeness (QED) is 0.694. The van der Waals surface area contributed by atoms with Crippen molar-refractivity contribution in [2.75, 3.05) is 11.1 Å². The third-order valence-electron chi connectivity index (χ3n) is 3.84. The highest BCUT2D eigenvalue weighted by atomic mass is 32.2. The van der Waals surface area contributed by atoms with Gasteiger partial charge in [-0.3, -0.25) is 4.79 Å². The van der Waals surface area contributed by atoms with Crippen LogP contribution >= 0.6 is 11.8 Å². The molecule has 6 heteroatoms. The van der Waals surface area contributed by atoms with Crippen molar-refractivity contribution in [3.8, 4) is 11.8 Å². The van der Waals surface area contributed by atoms with Crippen molar-refractivity contribution in [1.82, 2.24) is 9.78 Å². The van der Waals surface area contributed by atoms with Gasteiger partial charge in [0.1, 0.15) is 11.6 Å². The number of aromatic nitrogens is 2. The molecule has 0 bridgehead atoms. The summed E-state index contributed by atoms with van der Waals surface area (Å²) in [5, 5.41) is 16.4. The van der Waals surface area contributed by atoms with Gasteiger partial charge >= 0.3 is 0 Å². The Balaban J connectivity index is 1.75. The Morgan fingerprint density at radius 2 is 2.00 bits per heavy atom. The number of thioether (sulfide) groups is 1. The van der Waals surface area contributed by atoms with Crippen LogP contribution in [-0.2, 0) is 4.79 Å². The van der Waals surface area contributed by atoms with Crippen LogP contribution in [0.2, 0.25) is 0 Å². The molecular formula is C20H18N4OS. The summed E-state index contributed by atoms with van der Waals surface area (Å²) in [4.78, 5) is 13.5. The van der Waals surface area contributed by atoms with Gasteiger partial charge in [-0.1, -0.05) is 35.9 Å². The number of amides is 1. The van der Waals surface area contributed by atoms with E-state index in [0.717, 1.165) is 16.1 Å². The number of benzene rings is 2. The van der Waals surface area contributed by atoms with Crippen LogP contribution in [-0.4, -0.2) is 21.4 Å². The van der Waals surface area contributed by atoms with Crippen LogP contribution in [0.4, 0.5) is 5.82 Å². The molecule has 1 heterocycles. The number of rotatable bonds is 5. The van der Waals surface area contributed by atoms with E-state index in [-0.39, 0.29) is 11.7 Å². The lowest BCUT2D eigenvalue weighted by Crippen LogP contribution is -2.17. The number of nitriles is 1. The molecule has 0 spiro atoms. The number of hydrogen-bond acceptors (Lipinski definition) is 4. The monoisotopic (exact) mass is 362 g/mol. The Hall–Kier alpha value is -3.04. The van der Waals surface area contributed by atoms with Crippen molar-refractivity contribution in [2.45, 2.75) is 18.7 Å². The zero-order chi connectivity index (χ0) is 18.5. The fourth-order valence-electron chi connectivity index (χ4n) is 2.59. The van der Waals surface area contributed by atoms with Crippen molar-refractivity contribution >= 4 is 23.5 Å². The predicted molar refractivity (Wildman–Crippen MR) is 104 cm³/mol. The molecule has 0 aliphatic heterocycles. The van der Waals surface area contributed by atoms with Gasteiger partial charge in [-0.2, -0.15) is 10.4 Å². The summed E-state index contributed by atoms with van der Waals surface area (Å²) in [6, 6.07) is 17.6. The zero-order valence-electron chi connectivity index (χ0n) is 14.6. The largest absolute Gasteiger partial charge is 0.309 e. The number of nitrogens with one attached hydrogen (secondary N) is 1. The molecule has 3 aromatic rings. The standard InChI is InChI=1S/C20H18N4OS/c1-14-8-9-18(15(2)10-14)26-13-19(25)23-20-16(11-21)12-22-24(20)17-6-4-3-5-7-17/h3-10,12H,13H2,1-2H3,(H,23,25). The SMILES string of the molecule is Cc1ccc(SCC(=O)Nc2c(C#N)cnn2-c2ccccc2)c(C)c1. The van der Waals surface area contributed by atoms with Crippen molar-refractivity contribution in [1.29, 1.82) is 5.26 Å². The second-order valence-corrected chi connectivity index (χ2v) is 6.89. The number of carbonyl (C=O) groups excluding carboxylic acids is 1. The minimum absolute atomic E-state index is 0.177. The number of nitrogens with zero attached hydrogens (tertiary/aromatic N) is 3. The van der Waals surface area contributed by atoms with E-state index in [4.69, 9.17) is 0 Å². The summed E-state index contributed by atoms with van der Waals surface area (Å²) in [5.74, 6) is 0.475. The minimum atomic E-state index is -0.177. The van der Waals surface area contributed by atoms with Crippen molar-refractivity contribution in [3.05, 3.63) is 71.4 Å². The minimum Gasteiger partial charge on any atom is -0.309 e. The first kappa shape index (κ1) is 17.8. The molecule has 5 nitrogen and oxygen atoms in total. The molecule has 0 saturated heterocycles. The van der Waals surface area contributed by atoms with Gasteiger partial charge in [0.15, 0.2) is 5.82 Å². The first-order valence-corrected chi connectivity index (χ1v) is 9.10. The van der Waals surface area contributed by atoms with Gasteiger partial charge in [0.2, 0.25) is 5.91 Å². The molecule has 3 rings (SSSR count). The normalized spacial score (nSPS) is 10.3. The van der Waals surface area contributed by atoms with E-state index in [2.05, 4.69) is 22.6 Å². The topological polar surface area (TPSA) is 70.7 Å². The zero-order valence-corrected chi connectivity index (χ0v) is 15.4. The van der Waals surface area contributed by atoms with Gasteiger partial charge in [-0.25, -0.2) is 4.68 Å². The van der Waals surface area contributed by atoms with Crippen LogP contribution in [0.25, 0.3) is 5.69 Å². The molecule has 0 saturated carbocycles. The summed E-state index contributed by atoms with van der Waals surface area (Å²) < 4.78 is 1.57. The van der Waals surface area contributed by atoms with Gasteiger partial charge in [-0.05, 0) is 37.6 Å². The average molecular weight is 362 g/mol. The number of aryl methyl sites for hydroxylation is 2. The fraction of sp³-hybridized carbons (Fsp3) is 0.150. The molecule has 0 aliphatic rings. The molecule has 0 unspecified atom stereocenters. The fourth-order valence-corrected chi connectivity index (χ4v) is 3.40. The van der Waals surface area contributed by atoms with Crippen LogP contribution in [0, 0.1) is 25.2 Å². The van der Waals surface area contributed by atoms with E-state index in [1.807, 2.05) is 56.3 Å². The van der Waals surface area contributed by atoms with Crippen LogP contribution in [0.3, 0.4) is 0 Å². The highest BCUT2D eigenvalue weighted by Crippen LogP contribution is 2.24. The Kier molecular flexibility index (Phi) is 5.40. The average Bonchev–Trinajstić information content (AvgIpc) is 3.04. The smallest absolute Gasteiger partial charge is 0.235 e. The van der Waals surface area contributed by atoms with E-state index >= 15 is 0 Å². The first-order valence-electron chi connectivity index (χ1n) is 8.12. The summed E-state index contributed by atoms with van der Waals surface area (Å²) in [5.41, 5.74) is 3.46. The van der Waals surface area contributed by atoms with Crippen LogP contribution in [0.1, 0.15) is 16.7 Å². The van der Waals surface area contributed by atoms with Crippen LogP contribution in [0.5, 0.6) is 0 Å². The Morgan fingerprint density at radius 1 is 1.23 bits per heavy atom. The summed E-state index contributed by atoms with van der Waals surface area (Å²) in [7, 11) is 0. The number of para-hydroxylation sites is 1. The van der Waals surface area contributed by atoms with E-state index in [0.29, 0.717) is 11.4 Å². The molecule has 0 aliphatic carbocycles. The highest BCUT2D eigenvalue weighted by molar-refractivity contribution is 8.00. The second kappa shape index (κ2) is 7.89. The van der Waals surface area contributed by atoms with Crippen molar-refractivity contribution in [3.63, 3.8) is 0 Å². The lowest BCUT2D eigenvalue weighted by Gasteiger charge is -2.10. The number of carbonyl (C=O) groups is 1. The first-order chi connectivity index (χ1) is 12.6. The van der Waals surface area contributed by atoms with Gasteiger partial charge in [-0.15, -0.1) is 11.8 Å². The molecule has 2 aromatic carbocycles. The lowest BCUT2D eigenvalue weighted by molar-refractivity contribution is -0.113. The van der Waals surface area contributed by atoms with Crippen molar-refractivity contribution in [2.24, 2.45) is 0 Å². The molecule has 26 heavy (non-hydrogen) atoms. The predicted octanol–water partition coefficient (Wildman–Crippen LogP) is 4.09. The van der Waals surface area contributed by atoms with Crippen LogP contribution in [0.15, 0.2) is 59.6 Å². The lowest BCUT2D eigenvalue weighted by atomic mass is 10.2. The molecule has 1 aromatic heterocycles. The Labute approximate surface area is 156 Å². The van der Waals surface area contributed by atoms with E-state index in [1.165, 1.54) is 23.5 Å². The second-order valence-electron chi connectivity index (χ2n) is 5.87. The maximum Gasteiger partial charge on any atom is 0.235 e. The molecule has 1 N–H and O–H groups in total. The van der Waals surface area contributed by atoms with E-state index in [1.54, 1.807) is 4.68 Å². The molecule has 1 amide bonds. The van der Waals surface area contributed by atoms with Crippen molar-refractivity contribution < 1.29 is 4.79 Å². The third kappa shape index (κ3) is 3.95. The molecule has 0 fully saturated rings. The maximum atomic E-state index is 12.4. The Bertz CT molecular complexity index is 973. The van der Waals surface area contributed by atoms with E-state index < -0.39 is 0 Å². The number of anilines is 1.